The summed E-state index contributed by atoms with van der Waals surface area (Å²) in [5, 5.41) is 13.9. The third-order valence-corrected chi connectivity index (χ3v) is 5.29. The second kappa shape index (κ2) is 8.14. The number of piperazine rings is 1. The number of aromatic nitrogens is 4. The SMILES string of the molecule is Cn1nc(CN2CCN(c3ccc4c(=O)n(CCO)cnc4c3)CC2)ccc1=O. The highest BCUT2D eigenvalue weighted by Crippen LogP contribution is 2.20. The van der Waals surface area contributed by atoms with Crippen molar-refractivity contribution in [2.75, 3.05) is 37.7 Å². The van der Waals surface area contributed by atoms with E-state index in [2.05, 4.69) is 19.9 Å². The second-order valence-electron chi connectivity index (χ2n) is 7.22. The molecular weight excluding hydrogens is 372 g/mol. The highest BCUT2D eigenvalue weighted by atomic mass is 16.3. The van der Waals surface area contributed by atoms with Crippen LogP contribution in [-0.4, -0.2) is 62.1 Å². The minimum atomic E-state index is -0.134. The zero-order valence-corrected chi connectivity index (χ0v) is 16.4. The van der Waals surface area contributed by atoms with Crippen LogP contribution in [-0.2, 0) is 20.1 Å². The molecule has 0 spiro atoms. The first-order valence-electron chi connectivity index (χ1n) is 9.66. The maximum Gasteiger partial charge on any atom is 0.266 e. The van der Waals surface area contributed by atoms with E-state index < -0.39 is 0 Å². The average molecular weight is 396 g/mol. The van der Waals surface area contributed by atoms with Gasteiger partial charge in [-0.25, -0.2) is 9.67 Å². The minimum Gasteiger partial charge on any atom is -0.395 e. The maximum atomic E-state index is 12.4. The van der Waals surface area contributed by atoms with Gasteiger partial charge < -0.3 is 10.0 Å². The van der Waals surface area contributed by atoms with E-state index in [0.29, 0.717) is 17.4 Å². The zero-order chi connectivity index (χ0) is 20.4. The van der Waals surface area contributed by atoms with E-state index in [0.717, 1.165) is 37.6 Å². The number of rotatable bonds is 5. The summed E-state index contributed by atoms with van der Waals surface area (Å²) in [5.74, 6) is 0. The van der Waals surface area contributed by atoms with E-state index in [-0.39, 0.29) is 24.3 Å². The Balaban J connectivity index is 1.44. The van der Waals surface area contributed by atoms with E-state index >= 15 is 0 Å². The molecule has 9 heteroatoms. The Kier molecular flexibility index (Phi) is 5.41. The number of hydrogen-bond donors (Lipinski definition) is 1. The molecule has 1 aromatic carbocycles. The van der Waals surface area contributed by atoms with Gasteiger partial charge in [-0.1, -0.05) is 0 Å². The fourth-order valence-electron chi connectivity index (χ4n) is 3.64. The van der Waals surface area contributed by atoms with Crippen LogP contribution >= 0.6 is 0 Å². The van der Waals surface area contributed by atoms with E-state index in [1.807, 2.05) is 18.2 Å². The normalized spacial score (nSPS) is 15.2. The van der Waals surface area contributed by atoms with Gasteiger partial charge in [-0.3, -0.25) is 19.1 Å². The first kappa shape index (κ1) is 19.3. The van der Waals surface area contributed by atoms with Gasteiger partial charge in [0.1, 0.15) is 0 Å². The van der Waals surface area contributed by atoms with Crippen molar-refractivity contribution in [1.29, 1.82) is 0 Å². The molecule has 9 nitrogen and oxygen atoms in total. The molecule has 0 unspecified atom stereocenters. The van der Waals surface area contributed by atoms with Crippen molar-refractivity contribution >= 4 is 16.6 Å². The molecule has 1 fully saturated rings. The number of anilines is 1. The van der Waals surface area contributed by atoms with Crippen LogP contribution in [0.2, 0.25) is 0 Å². The van der Waals surface area contributed by atoms with E-state index in [1.54, 1.807) is 19.2 Å². The Bertz CT molecular complexity index is 1130. The monoisotopic (exact) mass is 396 g/mol. The lowest BCUT2D eigenvalue weighted by molar-refractivity contribution is 0.245. The second-order valence-corrected chi connectivity index (χ2v) is 7.22. The third kappa shape index (κ3) is 4.06. The summed E-state index contributed by atoms with van der Waals surface area (Å²) in [6, 6.07) is 9.06. The predicted molar refractivity (Wildman–Crippen MR) is 110 cm³/mol. The molecule has 0 aliphatic carbocycles. The Morgan fingerprint density at radius 1 is 1.07 bits per heavy atom. The molecule has 152 valence electrons. The van der Waals surface area contributed by atoms with Crippen LogP contribution in [0.3, 0.4) is 0 Å². The average Bonchev–Trinajstić information content (AvgIpc) is 2.73. The molecule has 3 aromatic rings. The van der Waals surface area contributed by atoms with E-state index in [4.69, 9.17) is 5.11 Å². The Morgan fingerprint density at radius 3 is 2.59 bits per heavy atom. The highest BCUT2D eigenvalue weighted by Gasteiger charge is 2.18. The molecule has 0 atom stereocenters. The predicted octanol–water partition coefficient (Wildman–Crippen LogP) is -0.195. The van der Waals surface area contributed by atoms with Crippen molar-refractivity contribution in [3.8, 4) is 0 Å². The minimum absolute atomic E-state index is 0.0930. The lowest BCUT2D eigenvalue weighted by Gasteiger charge is -2.36. The largest absolute Gasteiger partial charge is 0.395 e. The zero-order valence-electron chi connectivity index (χ0n) is 16.4. The molecular formula is C20H24N6O3. The summed E-state index contributed by atoms with van der Waals surface area (Å²) in [6.45, 7) is 4.35. The van der Waals surface area contributed by atoms with Gasteiger partial charge in [0.15, 0.2) is 0 Å². The van der Waals surface area contributed by atoms with Gasteiger partial charge in [0, 0.05) is 51.5 Å². The molecule has 0 bridgehead atoms. The first-order chi connectivity index (χ1) is 14.0. The van der Waals surface area contributed by atoms with Gasteiger partial charge >= 0.3 is 0 Å². The van der Waals surface area contributed by atoms with E-state index in [9.17, 15) is 9.59 Å². The molecule has 0 radical (unpaired) electrons. The molecule has 1 aliphatic heterocycles. The highest BCUT2D eigenvalue weighted by molar-refractivity contribution is 5.81. The Hall–Kier alpha value is -3.04. The molecule has 0 saturated carbocycles. The van der Waals surface area contributed by atoms with Crippen LogP contribution < -0.4 is 16.0 Å². The summed E-state index contributed by atoms with van der Waals surface area (Å²) in [5.41, 5.74) is 2.36. The van der Waals surface area contributed by atoms with Crippen molar-refractivity contribution in [3.63, 3.8) is 0 Å². The number of aliphatic hydroxyl groups excluding tert-OH is 1. The van der Waals surface area contributed by atoms with Crippen molar-refractivity contribution < 1.29 is 5.11 Å². The summed E-state index contributed by atoms with van der Waals surface area (Å²) in [6.07, 6.45) is 1.49. The molecule has 29 heavy (non-hydrogen) atoms. The van der Waals surface area contributed by atoms with Crippen LogP contribution in [0.4, 0.5) is 5.69 Å². The number of hydrogen-bond acceptors (Lipinski definition) is 7. The number of nitrogens with zero attached hydrogens (tertiary/aromatic N) is 6. The summed E-state index contributed by atoms with van der Waals surface area (Å²) < 4.78 is 2.79. The Labute approximate surface area is 167 Å². The molecule has 1 aliphatic rings. The summed E-state index contributed by atoms with van der Waals surface area (Å²) in [4.78, 5) is 32.9. The third-order valence-electron chi connectivity index (χ3n) is 5.29. The lowest BCUT2D eigenvalue weighted by atomic mass is 10.2. The Morgan fingerprint density at radius 2 is 1.86 bits per heavy atom. The molecule has 4 rings (SSSR count). The maximum absolute atomic E-state index is 12.4. The van der Waals surface area contributed by atoms with Gasteiger partial charge in [-0.2, -0.15) is 5.10 Å². The quantitative estimate of drug-likeness (QED) is 0.638. The van der Waals surface area contributed by atoms with Crippen LogP contribution in [0.25, 0.3) is 10.9 Å². The molecule has 1 saturated heterocycles. The van der Waals surface area contributed by atoms with Crippen molar-refractivity contribution in [2.45, 2.75) is 13.1 Å². The molecule has 1 N–H and O–H groups in total. The van der Waals surface area contributed by atoms with Gasteiger partial charge in [0.25, 0.3) is 11.1 Å². The molecule has 0 amide bonds. The number of aliphatic hydroxyl groups is 1. The number of aryl methyl sites for hydroxylation is 1. The smallest absolute Gasteiger partial charge is 0.266 e. The first-order valence-corrected chi connectivity index (χ1v) is 9.66. The van der Waals surface area contributed by atoms with Gasteiger partial charge in [0.05, 0.1) is 36.1 Å². The molecule has 3 heterocycles. The van der Waals surface area contributed by atoms with Crippen LogP contribution in [0.5, 0.6) is 0 Å². The van der Waals surface area contributed by atoms with Gasteiger partial charge in [-0.05, 0) is 24.3 Å². The van der Waals surface area contributed by atoms with Crippen LogP contribution in [0.1, 0.15) is 5.69 Å². The summed E-state index contributed by atoms with van der Waals surface area (Å²) in [7, 11) is 1.66. The van der Waals surface area contributed by atoms with Gasteiger partial charge in [-0.15, -0.1) is 0 Å². The fraction of sp³-hybridized carbons (Fsp3) is 0.400. The van der Waals surface area contributed by atoms with Gasteiger partial charge in [0.2, 0.25) is 0 Å². The van der Waals surface area contributed by atoms with Crippen LogP contribution in [0, 0.1) is 0 Å². The number of fused-ring (bicyclic) bond motifs is 1. The van der Waals surface area contributed by atoms with Crippen LogP contribution in [0.15, 0.2) is 46.2 Å². The molecule has 2 aromatic heterocycles. The van der Waals surface area contributed by atoms with Crippen molar-refractivity contribution in [2.24, 2.45) is 7.05 Å². The number of benzene rings is 1. The van der Waals surface area contributed by atoms with Crippen molar-refractivity contribution in [1.82, 2.24) is 24.2 Å². The standard InChI is InChI=1S/C20H24N6O3/c1-23-19(28)5-2-15(22-23)13-24-6-8-25(9-7-24)16-3-4-17-18(12-16)21-14-26(10-11-27)20(17)29/h2-5,12,14,27H,6-11,13H2,1H3. The summed E-state index contributed by atoms with van der Waals surface area (Å²) >= 11 is 0. The lowest BCUT2D eigenvalue weighted by Crippen LogP contribution is -2.46. The topological polar surface area (TPSA) is 96.5 Å². The van der Waals surface area contributed by atoms with E-state index in [1.165, 1.54) is 15.6 Å². The fourth-order valence-corrected chi connectivity index (χ4v) is 3.64. The van der Waals surface area contributed by atoms with Crippen molar-refractivity contribution in [3.05, 3.63) is 63.1 Å².